The van der Waals surface area contributed by atoms with E-state index in [9.17, 15) is 13.2 Å². The Balaban J connectivity index is 1.48. The summed E-state index contributed by atoms with van der Waals surface area (Å²) in [5, 5.41) is 4.51. The van der Waals surface area contributed by atoms with E-state index in [1.807, 2.05) is 0 Å². The van der Waals surface area contributed by atoms with Crippen LogP contribution in [0.15, 0.2) is 64.6 Å². The van der Waals surface area contributed by atoms with Gasteiger partial charge in [0.15, 0.2) is 0 Å². The minimum absolute atomic E-state index is 0.247. The maximum absolute atomic E-state index is 12.8. The van der Waals surface area contributed by atoms with Crippen LogP contribution >= 0.6 is 11.3 Å². The summed E-state index contributed by atoms with van der Waals surface area (Å²) in [6.07, 6.45) is 5.66. The van der Waals surface area contributed by atoms with E-state index in [2.05, 4.69) is 15.3 Å². The first-order chi connectivity index (χ1) is 14.0. The van der Waals surface area contributed by atoms with Crippen molar-refractivity contribution in [3.05, 3.63) is 60.4 Å². The number of carbonyl (C=O) groups is 1. The van der Waals surface area contributed by atoms with E-state index in [0.717, 1.165) is 11.3 Å². The Labute approximate surface area is 172 Å². The molecule has 3 heterocycles. The van der Waals surface area contributed by atoms with Crippen molar-refractivity contribution in [2.75, 3.05) is 11.9 Å². The molecule has 1 unspecified atom stereocenters. The predicted molar refractivity (Wildman–Crippen MR) is 108 cm³/mol. The van der Waals surface area contributed by atoms with Crippen LogP contribution in [0.4, 0.5) is 5.69 Å². The molecule has 0 spiro atoms. The number of anilines is 1. The average Bonchev–Trinajstić information content (AvgIpc) is 3.42. The van der Waals surface area contributed by atoms with E-state index in [4.69, 9.17) is 4.74 Å². The molecule has 4 rings (SSSR count). The van der Waals surface area contributed by atoms with Gasteiger partial charge in [0.2, 0.25) is 11.8 Å². The summed E-state index contributed by atoms with van der Waals surface area (Å²) in [7, 11) is -3.68. The van der Waals surface area contributed by atoms with Crippen LogP contribution in [0.25, 0.3) is 0 Å². The highest BCUT2D eigenvalue weighted by Gasteiger charge is 2.39. The topological polar surface area (TPSA) is 101 Å². The maximum Gasteiger partial charge on any atom is 0.253 e. The smallest absolute Gasteiger partial charge is 0.253 e. The lowest BCUT2D eigenvalue weighted by molar-refractivity contribution is -0.119. The summed E-state index contributed by atoms with van der Waals surface area (Å²) >= 11 is 1.15. The number of carbonyl (C=O) groups excluding carboxylic acids is 1. The van der Waals surface area contributed by atoms with E-state index < -0.39 is 16.1 Å². The molecule has 2 aromatic heterocycles. The molecule has 29 heavy (non-hydrogen) atoms. The van der Waals surface area contributed by atoms with Crippen LogP contribution in [0.5, 0.6) is 11.6 Å². The molecule has 1 atom stereocenters. The summed E-state index contributed by atoms with van der Waals surface area (Å²) in [6.45, 7) is 0.328. The maximum atomic E-state index is 12.8. The van der Waals surface area contributed by atoms with Gasteiger partial charge in [-0.3, -0.25) is 9.78 Å². The largest absolute Gasteiger partial charge is 0.437 e. The van der Waals surface area contributed by atoms with Gasteiger partial charge in [0.1, 0.15) is 16.0 Å². The number of rotatable bonds is 6. The van der Waals surface area contributed by atoms with Gasteiger partial charge in [0, 0.05) is 30.7 Å². The van der Waals surface area contributed by atoms with Crippen molar-refractivity contribution < 1.29 is 17.9 Å². The van der Waals surface area contributed by atoms with Gasteiger partial charge >= 0.3 is 0 Å². The van der Waals surface area contributed by atoms with Crippen LogP contribution in [0, 0.1) is 0 Å². The fourth-order valence-electron chi connectivity index (χ4n) is 3.14. The molecule has 1 fully saturated rings. The fraction of sp³-hybridized carbons (Fsp3) is 0.211. The number of aromatic nitrogens is 2. The minimum atomic E-state index is -3.68. The van der Waals surface area contributed by atoms with Crippen molar-refractivity contribution in [2.45, 2.75) is 23.1 Å². The standard InChI is InChI=1S/C19H18N4O4S2/c24-19(16-6-2-10-23(16)29(25,26)18-7-3-11-28-18)22-14-4-1-5-15(12-14)27-17-13-20-8-9-21-17/h1,3-5,7-9,11-13,16H,2,6,10H2,(H,22,24). The van der Waals surface area contributed by atoms with Gasteiger partial charge in [-0.05, 0) is 36.4 Å². The van der Waals surface area contributed by atoms with Crippen LogP contribution in [-0.2, 0) is 14.8 Å². The van der Waals surface area contributed by atoms with Gasteiger partial charge in [0.05, 0.1) is 6.20 Å². The summed E-state index contributed by atoms with van der Waals surface area (Å²) in [5.74, 6) is 0.456. The van der Waals surface area contributed by atoms with Gasteiger partial charge in [-0.15, -0.1) is 11.3 Å². The zero-order valence-electron chi connectivity index (χ0n) is 15.3. The Kier molecular flexibility index (Phi) is 5.56. The van der Waals surface area contributed by atoms with E-state index in [0.29, 0.717) is 36.7 Å². The average molecular weight is 431 g/mol. The number of nitrogens with one attached hydrogen (secondary N) is 1. The SMILES string of the molecule is O=C(Nc1cccc(Oc2cnccn2)c1)C1CCCN1S(=O)(=O)c1cccs1. The first-order valence-corrected chi connectivity index (χ1v) is 11.3. The van der Waals surface area contributed by atoms with Gasteiger partial charge < -0.3 is 10.1 Å². The van der Waals surface area contributed by atoms with Crippen molar-refractivity contribution in [3.8, 4) is 11.6 Å². The zero-order valence-corrected chi connectivity index (χ0v) is 16.9. The molecule has 1 amide bonds. The fourth-order valence-corrected chi connectivity index (χ4v) is 5.91. The number of hydrogen-bond acceptors (Lipinski definition) is 7. The van der Waals surface area contributed by atoms with E-state index in [1.165, 1.54) is 16.7 Å². The molecular formula is C19H18N4O4S2. The molecule has 1 N–H and O–H groups in total. The Bertz CT molecular complexity index is 1090. The molecule has 0 radical (unpaired) electrons. The Morgan fingerprint density at radius 1 is 1.24 bits per heavy atom. The molecule has 1 aliphatic heterocycles. The molecule has 0 saturated carbocycles. The lowest BCUT2D eigenvalue weighted by Crippen LogP contribution is -2.42. The van der Waals surface area contributed by atoms with Crippen molar-refractivity contribution >= 4 is 33.0 Å². The number of sulfonamides is 1. The second-order valence-corrected chi connectivity index (χ2v) is 9.43. The van der Waals surface area contributed by atoms with E-state index in [1.54, 1.807) is 48.0 Å². The quantitative estimate of drug-likeness (QED) is 0.645. The van der Waals surface area contributed by atoms with Crippen molar-refractivity contribution in [1.82, 2.24) is 14.3 Å². The number of hydrogen-bond donors (Lipinski definition) is 1. The summed E-state index contributed by atoms with van der Waals surface area (Å²) in [4.78, 5) is 20.8. The normalized spacial score (nSPS) is 17.2. The molecule has 1 saturated heterocycles. The van der Waals surface area contributed by atoms with Gasteiger partial charge in [-0.25, -0.2) is 13.4 Å². The number of nitrogens with zero attached hydrogens (tertiary/aromatic N) is 3. The lowest BCUT2D eigenvalue weighted by atomic mass is 10.2. The molecule has 150 valence electrons. The minimum Gasteiger partial charge on any atom is -0.437 e. The third-order valence-corrected chi connectivity index (χ3v) is 7.71. The van der Waals surface area contributed by atoms with Crippen molar-refractivity contribution in [3.63, 3.8) is 0 Å². The van der Waals surface area contributed by atoms with Gasteiger partial charge in [-0.2, -0.15) is 4.31 Å². The first kappa shape index (κ1) is 19.5. The molecule has 1 aliphatic rings. The second kappa shape index (κ2) is 8.27. The monoisotopic (exact) mass is 430 g/mol. The third-order valence-electron chi connectivity index (χ3n) is 4.43. The second-order valence-electron chi connectivity index (χ2n) is 6.37. The summed E-state index contributed by atoms with van der Waals surface area (Å²) in [5.41, 5.74) is 0.511. The molecule has 1 aromatic carbocycles. The highest BCUT2D eigenvalue weighted by molar-refractivity contribution is 7.91. The molecule has 0 aliphatic carbocycles. The van der Waals surface area contributed by atoms with Crippen LogP contribution < -0.4 is 10.1 Å². The third kappa shape index (κ3) is 4.29. The molecular weight excluding hydrogens is 412 g/mol. The van der Waals surface area contributed by atoms with Crippen LogP contribution in [0.3, 0.4) is 0 Å². The first-order valence-electron chi connectivity index (χ1n) is 8.94. The highest BCUT2D eigenvalue weighted by Crippen LogP contribution is 2.29. The lowest BCUT2D eigenvalue weighted by Gasteiger charge is -2.22. The van der Waals surface area contributed by atoms with Crippen LogP contribution in [0.2, 0.25) is 0 Å². The van der Waals surface area contributed by atoms with Gasteiger partial charge in [0.25, 0.3) is 10.0 Å². The molecule has 0 bridgehead atoms. The number of thiophene rings is 1. The van der Waals surface area contributed by atoms with Gasteiger partial charge in [-0.1, -0.05) is 12.1 Å². The highest BCUT2D eigenvalue weighted by atomic mass is 32.2. The number of ether oxygens (including phenoxy) is 1. The number of amides is 1. The van der Waals surface area contributed by atoms with Crippen molar-refractivity contribution in [2.24, 2.45) is 0 Å². The summed E-state index contributed by atoms with van der Waals surface area (Å²) in [6, 6.07) is 9.33. The predicted octanol–water partition coefficient (Wildman–Crippen LogP) is 3.12. The molecule has 8 nitrogen and oxygen atoms in total. The Hall–Kier alpha value is -2.82. The van der Waals surface area contributed by atoms with E-state index in [-0.39, 0.29) is 10.1 Å². The Morgan fingerprint density at radius 3 is 2.90 bits per heavy atom. The van der Waals surface area contributed by atoms with Crippen LogP contribution in [-0.4, -0.2) is 41.2 Å². The Morgan fingerprint density at radius 2 is 2.14 bits per heavy atom. The molecule has 10 heteroatoms. The van der Waals surface area contributed by atoms with Crippen molar-refractivity contribution in [1.29, 1.82) is 0 Å². The van der Waals surface area contributed by atoms with E-state index >= 15 is 0 Å². The summed E-state index contributed by atoms with van der Waals surface area (Å²) < 4.78 is 32.8. The van der Waals surface area contributed by atoms with Crippen LogP contribution in [0.1, 0.15) is 12.8 Å². The zero-order chi connectivity index (χ0) is 20.3. The number of benzene rings is 1. The molecule has 3 aromatic rings.